The van der Waals surface area contributed by atoms with Crippen LogP contribution in [0.2, 0.25) is 0 Å². The number of nitrogens with one attached hydrogen (secondary N) is 1. The van der Waals surface area contributed by atoms with Crippen LogP contribution in [0.1, 0.15) is 42.1 Å². The number of allylic oxidation sites excluding steroid dienone is 1. The van der Waals surface area contributed by atoms with Crippen LogP contribution < -0.4 is 11.1 Å². The number of nitrogens with zero attached hydrogens (tertiary/aromatic N) is 2. The number of pyridine rings is 1. The fourth-order valence-electron chi connectivity index (χ4n) is 3.50. The smallest absolute Gasteiger partial charge is 0.175 e. The molecule has 1 aliphatic rings. The summed E-state index contributed by atoms with van der Waals surface area (Å²) in [5, 5.41) is 12.3. The van der Waals surface area contributed by atoms with Gasteiger partial charge in [0.05, 0.1) is 28.3 Å². The maximum absolute atomic E-state index is 12.9. The number of carbonyl (C=O) groups is 1. The molecule has 156 valence electrons. The minimum atomic E-state index is -3.69. The van der Waals surface area contributed by atoms with Gasteiger partial charge in [-0.3, -0.25) is 9.78 Å². The summed E-state index contributed by atoms with van der Waals surface area (Å²) in [6.07, 6.45) is 3.94. The van der Waals surface area contributed by atoms with Gasteiger partial charge in [-0.2, -0.15) is 5.26 Å². The summed E-state index contributed by atoms with van der Waals surface area (Å²) in [5.41, 5.74) is 8.52. The van der Waals surface area contributed by atoms with Crippen molar-refractivity contribution in [2.45, 2.75) is 36.9 Å². The van der Waals surface area contributed by atoms with Crippen molar-refractivity contribution in [1.82, 2.24) is 4.98 Å². The number of halogens is 1. The molecule has 0 fully saturated rings. The molecule has 0 radical (unpaired) electrons. The largest absolute Gasteiger partial charge is 0.358 e. The molecular weight excluding hydrogens is 407 g/mol. The number of alkyl halides is 1. The average molecular weight is 428 g/mol. The first kappa shape index (κ1) is 21.6. The molecule has 7 nitrogen and oxygen atoms in total. The lowest BCUT2D eigenvalue weighted by Crippen LogP contribution is -2.27. The monoisotopic (exact) mass is 428 g/mol. The lowest BCUT2D eigenvalue weighted by atomic mass is 9.86. The average Bonchev–Trinajstić information content (AvgIpc) is 2.72. The number of rotatable bonds is 6. The second kappa shape index (κ2) is 8.73. The molecule has 1 heterocycles. The number of Topliss-reactive ketones (excluding diaryl/α,β-unsaturated/α-hetero) is 1. The second-order valence-corrected chi connectivity index (χ2v) is 9.06. The molecule has 1 unspecified atom stereocenters. The second-order valence-electron chi connectivity index (χ2n) is 7.08. The third kappa shape index (κ3) is 4.56. The van der Waals surface area contributed by atoms with Gasteiger partial charge in [0.15, 0.2) is 15.6 Å². The SMILES string of the molecule is CS(=O)(=O)c1cc(C#N)ccc1C(N)C1=C(Nc2ccnc(CF)c2)CCCC1=O. The summed E-state index contributed by atoms with van der Waals surface area (Å²) in [7, 11) is -3.69. The minimum absolute atomic E-state index is 0.0806. The van der Waals surface area contributed by atoms with Crippen LogP contribution in [0.4, 0.5) is 10.1 Å². The Morgan fingerprint density at radius 1 is 1.30 bits per heavy atom. The van der Waals surface area contributed by atoms with Crippen molar-refractivity contribution < 1.29 is 17.6 Å². The molecule has 0 aliphatic heterocycles. The van der Waals surface area contributed by atoms with Crippen LogP contribution in [-0.2, 0) is 21.3 Å². The summed E-state index contributed by atoms with van der Waals surface area (Å²) < 4.78 is 37.6. The first-order chi connectivity index (χ1) is 14.2. The Hall–Kier alpha value is -3.09. The number of nitriles is 1. The van der Waals surface area contributed by atoms with Crippen LogP contribution in [0.5, 0.6) is 0 Å². The number of nitrogens with two attached hydrogens (primary N) is 1. The highest BCUT2D eigenvalue weighted by Crippen LogP contribution is 2.34. The number of aromatic nitrogens is 1. The summed E-state index contributed by atoms with van der Waals surface area (Å²) >= 11 is 0. The zero-order valence-corrected chi connectivity index (χ0v) is 17.2. The maximum Gasteiger partial charge on any atom is 0.175 e. The van der Waals surface area contributed by atoms with Gasteiger partial charge in [0, 0.05) is 35.8 Å². The van der Waals surface area contributed by atoms with Crippen molar-refractivity contribution in [3.8, 4) is 6.07 Å². The van der Waals surface area contributed by atoms with Gasteiger partial charge < -0.3 is 11.1 Å². The van der Waals surface area contributed by atoms with E-state index in [1.54, 1.807) is 12.1 Å². The van der Waals surface area contributed by atoms with E-state index in [1.807, 2.05) is 6.07 Å². The van der Waals surface area contributed by atoms with E-state index in [0.29, 0.717) is 30.6 Å². The highest BCUT2D eigenvalue weighted by Gasteiger charge is 2.30. The predicted molar refractivity (Wildman–Crippen MR) is 110 cm³/mol. The molecule has 9 heteroatoms. The highest BCUT2D eigenvalue weighted by molar-refractivity contribution is 7.90. The molecule has 1 atom stereocenters. The molecule has 0 saturated heterocycles. The van der Waals surface area contributed by atoms with E-state index in [-0.39, 0.29) is 33.1 Å². The Kier molecular flexibility index (Phi) is 6.29. The number of benzene rings is 1. The van der Waals surface area contributed by atoms with Crippen LogP contribution in [0.15, 0.2) is 52.7 Å². The van der Waals surface area contributed by atoms with Crippen LogP contribution in [0.25, 0.3) is 0 Å². The maximum atomic E-state index is 12.9. The molecule has 1 aromatic heterocycles. The van der Waals surface area contributed by atoms with Gasteiger partial charge in [0.1, 0.15) is 6.67 Å². The topological polar surface area (TPSA) is 126 Å². The number of ketones is 1. The Labute approximate surface area is 174 Å². The Balaban J connectivity index is 2.10. The van der Waals surface area contributed by atoms with Crippen molar-refractivity contribution in [2.24, 2.45) is 5.73 Å². The fourth-order valence-corrected chi connectivity index (χ4v) is 4.46. The van der Waals surface area contributed by atoms with Crippen molar-refractivity contribution in [3.05, 3.63) is 64.6 Å². The molecule has 3 rings (SSSR count). The van der Waals surface area contributed by atoms with E-state index < -0.39 is 22.6 Å². The number of hydrogen-bond acceptors (Lipinski definition) is 7. The fraction of sp³-hybridized carbons (Fsp3) is 0.286. The molecule has 30 heavy (non-hydrogen) atoms. The Morgan fingerprint density at radius 3 is 2.73 bits per heavy atom. The molecular formula is C21H21FN4O3S. The number of carbonyl (C=O) groups excluding carboxylic acids is 1. The molecule has 1 aliphatic carbocycles. The summed E-state index contributed by atoms with van der Waals surface area (Å²) in [4.78, 5) is 16.6. The number of anilines is 1. The third-order valence-electron chi connectivity index (χ3n) is 4.89. The lowest BCUT2D eigenvalue weighted by molar-refractivity contribution is -0.116. The molecule has 0 saturated carbocycles. The first-order valence-corrected chi connectivity index (χ1v) is 11.2. The number of sulfone groups is 1. The van der Waals surface area contributed by atoms with Crippen molar-refractivity contribution in [3.63, 3.8) is 0 Å². The zero-order chi connectivity index (χ0) is 21.9. The van der Waals surface area contributed by atoms with E-state index in [2.05, 4.69) is 10.3 Å². The molecule has 0 amide bonds. The molecule has 1 aromatic carbocycles. The van der Waals surface area contributed by atoms with Gasteiger partial charge in [-0.25, -0.2) is 12.8 Å². The molecule has 2 aromatic rings. The normalized spacial score (nSPS) is 15.6. The minimum Gasteiger partial charge on any atom is -0.358 e. The van der Waals surface area contributed by atoms with E-state index in [0.717, 1.165) is 6.26 Å². The van der Waals surface area contributed by atoms with E-state index in [1.165, 1.54) is 24.4 Å². The van der Waals surface area contributed by atoms with Crippen LogP contribution in [0.3, 0.4) is 0 Å². The summed E-state index contributed by atoms with van der Waals surface area (Å²) in [5.74, 6) is -0.181. The van der Waals surface area contributed by atoms with Gasteiger partial charge in [-0.1, -0.05) is 6.07 Å². The van der Waals surface area contributed by atoms with Gasteiger partial charge in [0.25, 0.3) is 0 Å². The van der Waals surface area contributed by atoms with Crippen molar-refractivity contribution in [1.29, 1.82) is 5.26 Å². The van der Waals surface area contributed by atoms with Crippen LogP contribution in [-0.4, -0.2) is 25.4 Å². The van der Waals surface area contributed by atoms with Crippen molar-refractivity contribution >= 4 is 21.3 Å². The van der Waals surface area contributed by atoms with Crippen LogP contribution in [0, 0.1) is 11.3 Å². The lowest BCUT2D eigenvalue weighted by Gasteiger charge is -2.26. The Morgan fingerprint density at radius 2 is 2.07 bits per heavy atom. The molecule has 0 bridgehead atoms. The summed E-state index contributed by atoms with van der Waals surface area (Å²) in [6.45, 7) is -0.719. The Bertz CT molecular complexity index is 1170. The zero-order valence-electron chi connectivity index (χ0n) is 16.4. The van der Waals surface area contributed by atoms with E-state index >= 15 is 0 Å². The number of hydrogen-bond donors (Lipinski definition) is 2. The van der Waals surface area contributed by atoms with Gasteiger partial charge in [0.2, 0.25) is 0 Å². The molecule has 3 N–H and O–H groups in total. The van der Waals surface area contributed by atoms with Gasteiger partial charge in [-0.05, 0) is 42.7 Å². The standard InChI is InChI=1S/C21H21FN4O3S/c1-30(28,29)19-9-13(12-23)5-6-16(19)21(24)20-17(3-2-4-18(20)27)26-14-7-8-25-15(10-14)11-22/h5-10,21H,2-4,11,24H2,1H3,(H,25,26). The van der Waals surface area contributed by atoms with Crippen molar-refractivity contribution in [2.75, 3.05) is 11.6 Å². The highest BCUT2D eigenvalue weighted by atomic mass is 32.2. The quantitative estimate of drug-likeness (QED) is 0.724. The third-order valence-corrected chi connectivity index (χ3v) is 6.05. The van der Waals surface area contributed by atoms with E-state index in [9.17, 15) is 17.6 Å². The predicted octanol–water partition coefficient (Wildman–Crippen LogP) is 2.95. The molecule has 0 spiro atoms. The van der Waals surface area contributed by atoms with Crippen LogP contribution >= 0.6 is 0 Å². The summed E-state index contributed by atoms with van der Waals surface area (Å²) in [6, 6.07) is 8.32. The first-order valence-electron chi connectivity index (χ1n) is 9.28. The van der Waals surface area contributed by atoms with E-state index in [4.69, 9.17) is 11.0 Å². The van der Waals surface area contributed by atoms with Gasteiger partial charge in [-0.15, -0.1) is 0 Å². The van der Waals surface area contributed by atoms with Gasteiger partial charge >= 0.3 is 0 Å².